The van der Waals surface area contributed by atoms with E-state index in [1.807, 2.05) is 18.2 Å². The monoisotopic (exact) mass is 372 g/mol. The van der Waals surface area contributed by atoms with Crippen LogP contribution in [0.2, 0.25) is 10.0 Å². The maximum atomic E-state index is 12.1. The first-order chi connectivity index (χ1) is 12.1. The molecule has 3 rings (SSSR count). The van der Waals surface area contributed by atoms with Gasteiger partial charge in [-0.3, -0.25) is 9.78 Å². The fraction of sp³-hybridized carbons (Fsp3) is 0.0526. The molecule has 1 N–H and O–H groups in total. The number of carbonyl (C=O) groups is 1. The number of nitrogens with zero attached hydrogens (tertiary/aromatic N) is 1. The van der Waals surface area contributed by atoms with Gasteiger partial charge < -0.3 is 10.1 Å². The SMILES string of the molecule is O=C(Nc1ccc(OCc2cccc(Cl)c2)c(Cl)c1)c1cccnc1. The zero-order valence-corrected chi connectivity index (χ0v) is 14.6. The smallest absolute Gasteiger partial charge is 0.257 e. The second-order valence-corrected chi connectivity index (χ2v) is 6.10. The quantitative estimate of drug-likeness (QED) is 0.667. The predicted molar refractivity (Wildman–Crippen MR) is 99.4 cm³/mol. The molecule has 0 unspecified atom stereocenters. The van der Waals surface area contributed by atoms with Gasteiger partial charge in [-0.25, -0.2) is 0 Å². The number of rotatable bonds is 5. The average Bonchev–Trinajstić information content (AvgIpc) is 2.62. The van der Waals surface area contributed by atoms with E-state index in [0.717, 1.165) is 5.56 Å². The average molecular weight is 373 g/mol. The molecule has 0 aliphatic rings. The first-order valence-corrected chi connectivity index (χ1v) is 8.25. The Hall–Kier alpha value is -2.56. The maximum Gasteiger partial charge on any atom is 0.257 e. The molecule has 1 aromatic heterocycles. The lowest BCUT2D eigenvalue weighted by Crippen LogP contribution is -2.12. The van der Waals surface area contributed by atoms with Crippen molar-refractivity contribution in [3.8, 4) is 5.75 Å². The van der Waals surface area contributed by atoms with Crippen LogP contribution in [0.5, 0.6) is 5.75 Å². The Labute approximate surface area is 155 Å². The third kappa shape index (κ3) is 4.72. The Kier molecular flexibility index (Phi) is 5.53. The van der Waals surface area contributed by atoms with Gasteiger partial charge in [0.25, 0.3) is 5.91 Å². The van der Waals surface area contributed by atoms with Crippen molar-refractivity contribution in [3.05, 3.63) is 88.2 Å². The van der Waals surface area contributed by atoms with Crippen LogP contribution in [0.1, 0.15) is 15.9 Å². The second-order valence-electron chi connectivity index (χ2n) is 5.26. The maximum absolute atomic E-state index is 12.1. The predicted octanol–water partition coefficient (Wildman–Crippen LogP) is 5.22. The molecule has 4 nitrogen and oxygen atoms in total. The summed E-state index contributed by atoms with van der Waals surface area (Å²) in [6.45, 7) is 0.349. The fourth-order valence-electron chi connectivity index (χ4n) is 2.18. The molecule has 1 heterocycles. The number of anilines is 1. The first kappa shape index (κ1) is 17.3. The van der Waals surface area contributed by atoms with Crippen molar-refractivity contribution in [1.29, 1.82) is 0 Å². The highest BCUT2D eigenvalue weighted by atomic mass is 35.5. The van der Waals surface area contributed by atoms with Crippen molar-refractivity contribution in [1.82, 2.24) is 4.98 Å². The van der Waals surface area contributed by atoms with Crippen LogP contribution in [0.15, 0.2) is 67.0 Å². The molecule has 0 bridgehead atoms. The minimum atomic E-state index is -0.253. The zero-order chi connectivity index (χ0) is 17.6. The summed E-state index contributed by atoms with van der Waals surface area (Å²) in [5.74, 6) is 0.276. The number of aromatic nitrogens is 1. The highest BCUT2D eigenvalue weighted by Crippen LogP contribution is 2.28. The summed E-state index contributed by atoms with van der Waals surface area (Å²) in [7, 11) is 0. The molecule has 0 atom stereocenters. The Balaban J connectivity index is 1.65. The fourth-order valence-corrected chi connectivity index (χ4v) is 2.63. The van der Waals surface area contributed by atoms with Gasteiger partial charge in [-0.2, -0.15) is 0 Å². The summed E-state index contributed by atoms with van der Waals surface area (Å²) >= 11 is 12.2. The number of pyridine rings is 1. The first-order valence-electron chi connectivity index (χ1n) is 7.50. The van der Waals surface area contributed by atoms with Gasteiger partial charge in [0.05, 0.1) is 10.6 Å². The number of benzene rings is 2. The lowest BCUT2D eigenvalue weighted by molar-refractivity contribution is 0.102. The highest BCUT2D eigenvalue weighted by molar-refractivity contribution is 6.32. The number of ether oxygens (including phenoxy) is 1. The van der Waals surface area contributed by atoms with Crippen LogP contribution in [-0.2, 0) is 6.61 Å². The van der Waals surface area contributed by atoms with Gasteiger partial charge in [0.1, 0.15) is 12.4 Å². The molecule has 0 fully saturated rings. The van der Waals surface area contributed by atoms with Gasteiger partial charge in [-0.1, -0.05) is 35.3 Å². The summed E-state index contributed by atoms with van der Waals surface area (Å²) in [6.07, 6.45) is 3.11. The molecule has 0 aliphatic heterocycles. The standard InChI is InChI=1S/C19H14Cl2N2O2/c20-15-5-1-3-13(9-15)12-25-18-7-6-16(10-17(18)21)23-19(24)14-4-2-8-22-11-14/h1-11H,12H2,(H,23,24). The van der Waals surface area contributed by atoms with E-state index in [0.29, 0.717) is 33.7 Å². The van der Waals surface area contributed by atoms with Crippen LogP contribution < -0.4 is 10.1 Å². The van der Waals surface area contributed by atoms with E-state index in [1.165, 1.54) is 6.20 Å². The Morgan fingerprint density at radius 3 is 2.68 bits per heavy atom. The van der Waals surface area contributed by atoms with Crippen LogP contribution >= 0.6 is 23.2 Å². The Morgan fingerprint density at radius 2 is 1.96 bits per heavy atom. The summed E-state index contributed by atoms with van der Waals surface area (Å²) < 4.78 is 5.71. The van der Waals surface area contributed by atoms with Crippen LogP contribution in [0, 0.1) is 0 Å². The number of carbonyl (C=O) groups excluding carboxylic acids is 1. The Bertz CT molecular complexity index is 886. The molecular formula is C19H14Cl2N2O2. The number of halogens is 2. The van der Waals surface area contributed by atoms with E-state index in [9.17, 15) is 4.79 Å². The minimum Gasteiger partial charge on any atom is -0.487 e. The lowest BCUT2D eigenvalue weighted by Gasteiger charge is -2.11. The second kappa shape index (κ2) is 8.01. The van der Waals surface area contributed by atoms with Crippen molar-refractivity contribution < 1.29 is 9.53 Å². The molecule has 126 valence electrons. The van der Waals surface area contributed by atoms with Crippen molar-refractivity contribution in [2.24, 2.45) is 0 Å². The van der Waals surface area contributed by atoms with E-state index in [2.05, 4.69) is 10.3 Å². The Morgan fingerprint density at radius 1 is 1.08 bits per heavy atom. The van der Waals surface area contributed by atoms with Gasteiger partial charge in [-0.15, -0.1) is 0 Å². The summed E-state index contributed by atoms with van der Waals surface area (Å²) in [4.78, 5) is 16.0. The molecule has 25 heavy (non-hydrogen) atoms. The lowest BCUT2D eigenvalue weighted by atomic mass is 10.2. The molecule has 3 aromatic rings. The van der Waals surface area contributed by atoms with Gasteiger partial charge >= 0.3 is 0 Å². The van der Waals surface area contributed by atoms with Crippen molar-refractivity contribution in [3.63, 3.8) is 0 Å². The summed E-state index contributed by atoms with van der Waals surface area (Å²) in [6, 6.07) is 15.9. The van der Waals surface area contributed by atoms with E-state index < -0.39 is 0 Å². The molecule has 0 spiro atoms. The van der Waals surface area contributed by atoms with E-state index >= 15 is 0 Å². The summed E-state index contributed by atoms with van der Waals surface area (Å²) in [5, 5.41) is 3.83. The van der Waals surface area contributed by atoms with Crippen LogP contribution in [0.3, 0.4) is 0 Å². The van der Waals surface area contributed by atoms with E-state index in [-0.39, 0.29) is 5.91 Å². The third-order valence-electron chi connectivity index (χ3n) is 3.40. The molecule has 0 radical (unpaired) electrons. The number of nitrogens with one attached hydrogen (secondary N) is 1. The van der Waals surface area contributed by atoms with Crippen LogP contribution in [0.25, 0.3) is 0 Å². The largest absolute Gasteiger partial charge is 0.487 e. The van der Waals surface area contributed by atoms with E-state index in [4.69, 9.17) is 27.9 Å². The molecular weight excluding hydrogens is 359 g/mol. The van der Waals surface area contributed by atoms with Crippen molar-refractivity contribution in [2.75, 3.05) is 5.32 Å². The zero-order valence-electron chi connectivity index (χ0n) is 13.1. The third-order valence-corrected chi connectivity index (χ3v) is 3.93. The highest BCUT2D eigenvalue weighted by Gasteiger charge is 2.08. The molecule has 0 saturated carbocycles. The number of hydrogen-bond donors (Lipinski definition) is 1. The van der Waals surface area contributed by atoms with Crippen LogP contribution in [-0.4, -0.2) is 10.9 Å². The van der Waals surface area contributed by atoms with Gasteiger partial charge in [0.15, 0.2) is 0 Å². The normalized spacial score (nSPS) is 10.3. The minimum absolute atomic E-state index is 0.253. The number of amides is 1. The van der Waals surface area contributed by atoms with Crippen LogP contribution in [0.4, 0.5) is 5.69 Å². The molecule has 6 heteroatoms. The molecule has 0 aliphatic carbocycles. The number of hydrogen-bond acceptors (Lipinski definition) is 3. The van der Waals surface area contributed by atoms with Gasteiger partial charge in [0.2, 0.25) is 0 Å². The molecule has 2 aromatic carbocycles. The van der Waals surface area contributed by atoms with Gasteiger partial charge in [0, 0.05) is 23.1 Å². The van der Waals surface area contributed by atoms with Crippen molar-refractivity contribution >= 4 is 34.8 Å². The van der Waals surface area contributed by atoms with Crippen molar-refractivity contribution in [2.45, 2.75) is 6.61 Å². The molecule has 0 saturated heterocycles. The molecule has 1 amide bonds. The van der Waals surface area contributed by atoms with E-state index in [1.54, 1.807) is 42.6 Å². The summed E-state index contributed by atoms with van der Waals surface area (Å²) in [5.41, 5.74) is 1.99. The topological polar surface area (TPSA) is 51.2 Å². The van der Waals surface area contributed by atoms with Gasteiger partial charge in [-0.05, 0) is 48.0 Å².